The average Bonchev–Trinajstić information content (AvgIpc) is 2.02. The van der Waals surface area contributed by atoms with Crippen LogP contribution < -0.4 is 5.32 Å². The van der Waals surface area contributed by atoms with Crippen LogP contribution >= 0.6 is 0 Å². The minimum atomic E-state index is 0.148. The number of nitrogens with one attached hydrogen (secondary N) is 1. The lowest BCUT2D eigenvalue weighted by Gasteiger charge is -2.56. The van der Waals surface area contributed by atoms with Gasteiger partial charge in [0.15, 0.2) is 0 Å². The van der Waals surface area contributed by atoms with Crippen molar-refractivity contribution in [3.05, 3.63) is 0 Å². The highest BCUT2D eigenvalue weighted by Gasteiger charge is 2.50. The van der Waals surface area contributed by atoms with Gasteiger partial charge in [0, 0.05) is 11.6 Å². The zero-order chi connectivity index (χ0) is 8.18. The third-order valence-corrected chi connectivity index (χ3v) is 4.07. The van der Waals surface area contributed by atoms with Gasteiger partial charge in [-0.05, 0) is 43.9 Å². The highest BCUT2D eigenvalue weighted by molar-refractivity contribution is 5.07. The maximum Gasteiger partial charge on any atom is 0.0613 e. The molecule has 0 aromatic rings. The molecule has 2 heteroatoms. The fraction of sp³-hybridized carbons (Fsp3) is 1.00. The van der Waals surface area contributed by atoms with Gasteiger partial charge in [0.25, 0.3) is 0 Å². The van der Waals surface area contributed by atoms with Gasteiger partial charge in [0.2, 0.25) is 0 Å². The summed E-state index contributed by atoms with van der Waals surface area (Å²) in [5, 5.41) is 13.0. The molecule has 2 unspecified atom stereocenters. The summed E-state index contributed by atoms with van der Waals surface area (Å²) in [6.45, 7) is 0.358. The van der Waals surface area contributed by atoms with Crippen molar-refractivity contribution in [3.63, 3.8) is 0 Å². The lowest BCUT2D eigenvalue weighted by atomic mass is 9.59. The minimum Gasteiger partial charge on any atom is -0.394 e. The molecule has 2 atom stereocenters. The molecule has 12 heavy (non-hydrogen) atoms. The molecule has 4 aliphatic rings. The van der Waals surface area contributed by atoms with Crippen LogP contribution in [0.4, 0.5) is 0 Å². The Kier molecular flexibility index (Phi) is 1.37. The van der Waals surface area contributed by atoms with Gasteiger partial charge in [-0.15, -0.1) is 0 Å². The minimum absolute atomic E-state index is 0.148. The first-order valence-electron chi connectivity index (χ1n) is 5.18. The molecule has 68 valence electrons. The molecule has 0 spiro atoms. The highest BCUT2D eigenvalue weighted by Crippen LogP contribution is 2.49. The lowest BCUT2D eigenvalue weighted by molar-refractivity contribution is -0.0309. The van der Waals surface area contributed by atoms with E-state index in [1.807, 2.05) is 0 Å². The summed E-state index contributed by atoms with van der Waals surface area (Å²) >= 11 is 0. The zero-order valence-electron chi connectivity index (χ0n) is 7.42. The normalized spacial score (nSPS) is 56.2. The standard InChI is InChI=1S/C10H17NO/c12-6-10-4-7-1-8(5-10)3-9(2-7)11-10/h7-9,11-12H,1-6H2. The van der Waals surface area contributed by atoms with Gasteiger partial charge in [0.1, 0.15) is 0 Å². The lowest BCUT2D eigenvalue weighted by Crippen LogP contribution is -2.65. The van der Waals surface area contributed by atoms with Crippen LogP contribution in [-0.2, 0) is 0 Å². The summed E-state index contributed by atoms with van der Waals surface area (Å²) in [6.07, 6.45) is 6.66. The van der Waals surface area contributed by atoms with E-state index in [1.165, 1.54) is 32.1 Å². The Morgan fingerprint density at radius 1 is 1.17 bits per heavy atom. The summed E-state index contributed by atoms with van der Waals surface area (Å²) in [5.41, 5.74) is 0.148. The van der Waals surface area contributed by atoms with E-state index in [0.29, 0.717) is 6.61 Å². The Hall–Kier alpha value is -0.0800. The molecule has 0 aromatic carbocycles. The fourth-order valence-corrected chi connectivity index (χ4v) is 3.93. The zero-order valence-corrected chi connectivity index (χ0v) is 7.42. The molecule has 2 aliphatic heterocycles. The van der Waals surface area contributed by atoms with E-state index in [9.17, 15) is 5.11 Å². The van der Waals surface area contributed by atoms with Crippen LogP contribution in [0.5, 0.6) is 0 Å². The third kappa shape index (κ3) is 0.882. The number of aliphatic hydroxyl groups excluding tert-OH is 1. The number of hydrogen-bond donors (Lipinski definition) is 2. The Bertz CT molecular complexity index is 167. The Morgan fingerprint density at radius 2 is 1.83 bits per heavy atom. The second-order valence-corrected chi connectivity index (χ2v) is 5.13. The summed E-state index contributed by atoms with van der Waals surface area (Å²) in [4.78, 5) is 0. The monoisotopic (exact) mass is 167 g/mol. The summed E-state index contributed by atoms with van der Waals surface area (Å²) in [6, 6.07) is 0.739. The first-order chi connectivity index (χ1) is 5.80. The highest BCUT2D eigenvalue weighted by atomic mass is 16.3. The molecule has 2 saturated heterocycles. The van der Waals surface area contributed by atoms with Crippen LogP contribution in [0.1, 0.15) is 32.1 Å². The number of hydrogen-bond acceptors (Lipinski definition) is 2. The second kappa shape index (κ2) is 2.24. The van der Waals surface area contributed by atoms with E-state index in [4.69, 9.17) is 0 Å². The molecule has 0 amide bonds. The van der Waals surface area contributed by atoms with Crippen molar-refractivity contribution in [2.45, 2.75) is 43.7 Å². The first-order valence-corrected chi connectivity index (χ1v) is 5.18. The van der Waals surface area contributed by atoms with Crippen LogP contribution in [0, 0.1) is 11.8 Å². The maximum atomic E-state index is 9.37. The second-order valence-electron chi connectivity index (χ2n) is 5.13. The first kappa shape index (κ1) is 7.34. The van der Waals surface area contributed by atoms with E-state index in [2.05, 4.69) is 5.32 Å². The topological polar surface area (TPSA) is 32.3 Å². The van der Waals surface area contributed by atoms with E-state index in [-0.39, 0.29) is 5.54 Å². The maximum absolute atomic E-state index is 9.37. The van der Waals surface area contributed by atoms with Crippen molar-refractivity contribution in [3.8, 4) is 0 Å². The Balaban J connectivity index is 1.90. The van der Waals surface area contributed by atoms with E-state index in [0.717, 1.165) is 17.9 Å². The summed E-state index contributed by atoms with van der Waals surface area (Å²) in [7, 11) is 0. The molecule has 2 nitrogen and oxygen atoms in total. The molecular weight excluding hydrogens is 150 g/mol. The van der Waals surface area contributed by atoms with Gasteiger partial charge >= 0.3 is 0 Å². The molecule has 0 aromatic heterocycles. The quantitative estimate of drug-likeness (QED) is 0.608. The number of piperidine rings is 2. The van der Waals surface area contributed by atoms with E-state index < -0.39 is 0 Å². The molecule has 4 bridgehead atoms. The number of rotatable bonds is 1. The fourth-order valence-electron chi connectivity index (χ4n) is 3.93. The van der Waals surface area contributed by atoms with E-state index in [1.54, 1.807) is 0 Å². The number of aliphatic hydroxyl groups is 1. The van der Waals surface area contributed by atoms with Gasteiger partial charge in [-0.25, -0.2) is 0 Å². The van der Waals surface area contributed by atoms with E-state index >= 15 is 0 Å². The molecule has 2 N–H and O–H groups in total. The molecule has 4 rings (SSSR count). The SMILES string of the molecule is OCC12CC3CC(CC(C3)N1)C2. The van der Waals surface area contributed by atoms with Crippen LogP contribution in [0.25, 0.3) is 0 Å². The Morgan fingerprint density at radius 3 is 2.33 bits per heavy atom. The van der Waals surface area contributed by atoms with Crippen molar-refractivity contribution in [1.29, 1.82) is 0 Å². The van der Waals surface area contributed by atoms with Crippen LogP contribution in [-0.4, -0.2) is 23.3 Å². The molecule has 0 radical (unpaired) electrons. The van der Waals surface area contributed by atoms with Crippen molar-refractivity contribution in [2.75, 3.05) is 6.61 Å². The molecule has 4 fully saturated rings. The molecule has 2 aliphatic carbocycles. The average molecular weight is 167 g/mol. The Labute approximate surface area is 73.4 Å². The molecule has 2 saturated carbocycles. The molecule has 2 heterocycles. The molecular formula is C10H17NO. The van der Waals surface area contributed by atoms with Gasteiger partial charge in [-0.1, -0.05) is 0 Å². The predicted octanol–water partition coefficient (Wildman–Crippen LogP) is 0.899. The van der Waals surface area contributed by atoms with Crippen molar-refractivity contribution in [1.82, 2.24) is 5.32 Å². The van der Waals surface area contributed by atoms with Crippen LogP contribution in [0.3, 0.4) is 0 Å². The van der Waals surface area contributed by atoms with Crippen LogP contribution in [0.15, 0.2) is 0 Å². The van der Waals surface area contributed by atoms with Crippen LogP contribution in [0.2, 0.25) is 0 Å². The van der Waals surface area contributed by atoms with Gasteiger partial charge in [0.05, 0.1) is 6.61 Å². The van der Waals surface area contributed by atoms with Crippen molar-refractivity contribution >= 4 is 0 Å². The van der Waals surface area contributed by atoms with Crippen molar-refractivity contribution < 1.29 is 5.11 Å². The smallest absolute Gasteiger partial charge is 0.0613 e. The van der Waals surface area contributed by atoms with Crippen molar-refractivity contribution in [2.24, 2.45) is 11.8 Å². The predicted molar refractivity (Wildman–Crippen MR) is 46.8 cm³/mol. The largest absolute Gasteiger partial charge is 0.394 e. The summed E-state index contributed by atoms with van der Waals surface area (Å²) in [5.74, 6) is 1.85. The van der Waals surface area contributed by atoms with Gasteiger partial charge < -0.3 is 10.4 Å². The summed E-state index contributed by atoms with van der Waals surface area (Å²) < 4.78 is 0. The van der Waals surface area contributed by atoms with Gasteiger partial charge in [-0.2, -0.15) is 0 Å². The van der Waals surface area contributed by atoms with Gasteiger partial charge in [-0.3, -0.25) is 0 Å². The third-order valence-electron chi connectivity index (χ3n) is 4.07.